The molecule has 0 aliphatic rings. The third-order valence-corrected chi connectivity index (χ3v) is 4.22. The summed E-state index contributed by atoms with van der Waals surface area (Å²) in [6.45, 7) is 1.45. The molecule has 1 N–H and O–H groups in total. The van der Waals surface area contributed by atoms with E-state index in [1.165, 1.54) is 13.1 Å². The highest BCUT2D eigenvalue weighted by atomic mass is 35.5. The zero-order valence-corrected chi connectivity index (χ0v) is 12.8. The zero-order chi connectivity index (χ0) is 14.7. The molecule has 4 nitrogen and oxygen atoms in total. The van der Waals surface area contributed by atoms with E-state index in [0.29, 0.717) is 25.6 Å². The molecule has 7 heteroatoms. The molecule has 0 saturated carbocycles. The lowest BCUT2D eigenvalue weighted by Gasteiger charge is -2.06. The van der Waals surface area contributed by atoms with Crippen LogP contribution >= 0.6 is 34.5 Å². The van der Waals surface area contributed by atoms with Gasteiger partial charge in [-0.05, 0) is 17.7 Å². The molecule has 0 radical (unpaired) electrons. The maximum atomic E-state index is 11.9. The second kappa shape index (κ2) is 6.35. The Morgan fingerprint density at radius 2 is 1.95 bits per heavy atom. The summed E-state index contributed by atoms with van der Waals surface area (Å²) in [5, 5.41) is 3.88. The second-order valence-corrected chi connectivity index (χ2v) is 5.86. The van der Waals surface area contributed by atoms with Crippen molar-refractivity contribution in [1.82, 2.24) is 4.98 Å². The largest absolute Gasteiger partial charge is 0.302 e. The van der Waals surface area contributed by atoms with Crippen molar-refractivity contribution in [3.05, 3.63) is 44.9 Å². The minimum atomic E-state index is -0.288. The van der Waals surface area contributed by atoms with Crippen LogP contribution in [0.25, 0.3) is 0 Å². The van der Waals surface area contributed by atoms with Gasteiger partial charge < -0.3 is 5.32 Å². The molecule has 0 spiro atoms. The van der Waals surface area contributed by atoms with Gasteiger partial charge in [-0.25, -0.2) is 4.98 Å². The van der Waals surface area contributed by atoms with Gasteiger partial charge in [-0.3, -0.25) is 9.59 Å². The van der Waals surface area contributed by atoms with E-state index in [1.54, 1.807) is 18.2 Å². The van der Waals surface area contributed by atoms with E-state index in [-0.39, 0.29) is 18.1 Å². The van der Waals surface area contributed by atoms with Crippen molar-refractivity contribution in [2.45, 2.75) is 13.3 Å². The van der Waals surface area contributed by atoms with Gasteiger partial charge in [-0.15, -0.1) is 0 Å². The number of halogens is 2. The number of nitrogens with zero attached hydrogens (tertiary/aromatic N) is 1. The molecule has 104 valence electrons. The molecule has 0 fully saturated rings. The standard InChI is InChI=1S/C13H10Cl2N2O2S/c1-7(18)11-6-16-13(20-11)17-12(19)5-8-9(14)3-2-4-10(8)15/h2-4,6H,5H2,1H3,(H,16,17,19). The quantitative estimate of drug-likeness (QED) is 0.867. The third-order valence-electron chi connectivity index (χ3n) is 2.50. The number of nitrogens with one attached hydrogen (secondary N) is 1. The topological polar surface area (TPSA) is 59.1 Å². The van der Waals surface area contributed by atoms with Crippen LogP contribution < -0.4 is 5.32 Å². The van der Waals surface area contributed by atoms with E-state index < -0.39 is 0 Å². The van der Waals surface area contributed by atoms with Crippen LogP contribution in [0.15, 0.2) is 24.4 Å². The van der Waals surface area contributed by atoms with Crippen LogP contribution in [0.3, 0.4) is 0 Å². The molecule has 1 amide bonds. The van der Waals surface area contributed by atoms with Crippen molar-refractivity contribution < 1.29 is 9.59 Å². The highest BCUT2D eigenvalue weighted by molar-refractivity contribution is 7.17. The second-order valence-electron chi connectivity index (χ2n) is 4.01. The number of ketones is 1. The van der Waals surface area contributed by atoms with Crippen LogP contribution in [0, 0.1) is 0 Å². The average Bonchev–Trinajstić information content (AvgIpc) is 2.82. The molecule has 2 rings (SSSR count). The SMILES string of the molecule is CC(=O)c1cnc(NC(=O)Cc2c(Cl)cccc2Cl)s1. The van der Waals surface area contributed by atoms with Gasteiger partial charge in [0.25, 0.3) is 0 Å². The average molecular weight is 329 g/mol. The fourth-order valence-electron chi connectivity index (χ4n) is 1.52. The first-order valence-electron chi connectivity index (χ1n) is 5.67. The summed E-state index contributed by atoms with van der Waals surface area (Å²) in [5.74, 6) is -0.374. The van der Waals surface area contributed by atoms with Gasteiger partial charge in [-0.1, -0.05) is 40.6 Å². The van der Waals surface area contributed by atoms with Crippen molar-refractivity contribution in [3.63, 3.8) is 0 Å². The van der Waals surface area contributed by atoms with Crippen molar-refractivity contribution in [2.24, 2.45) is 0 Å². The molecule has 1 aromatic carbocycles. The predicted octanol–water partition coefficient (Wildman–Crippen LogP) is 3.83. The first-order valence-corrected chi connectivity index (χ1v) is 7.24. The molecule has 0 saturated heterocycles. The van der Waals surface area contributed by atoms with E-state index in [1.807, 2.05) is 0 Å². The number of aromatic nitrogens is 1. The smallest absolute Gasteiger partial charge is 0.230 e. The Labute approximate surface area is 129 Å². The lowest BCUT2D eigenvalue weighted by Crippen LogP contribution is -2.14. The van der Waals surface area contributed by atoms with Crippen LogP contribution in [0.4, 0.5) is 5.13 Å². The molecular formula is C13H10Cl2N2O2S. The van der Waals surface area contributed by atoms with Crippen molar-refractivity contribution in [3.8, 4) is 0 Å². The van der Waals surface area contributed by atoms with E-state index in [9.17, 15) is 9.59 Å². The highest BCUT2D eigenvalue weighted by Gasteiger charge is 2.13. The Balaban J connectivity index is 2.07. The molecule has 0 atom stereocenters. The van der Waals surface area contributed by atoms with Crippen molar-refractivity contribution in [2.75, 3.05) is 5.32 Å². The van der Waals surface area contributed by atoms with Crippen LogP contribution in [-0.4, -0.2) is 16.7 Å². The summed E-state index contributed by atoms with van der Waals surface area (Å²) in [7, 11) is 0. The van der Waals surface area contributed by atoms with E-state index >= 15 is 0 Å². The number of rotatable bonds is 4. The van der Waals surface area contributed by atoms with Gasteiger partial charge in [0.1, 0.15) is 0 Å². The van der Waals surface area contributed by atoms with E-state index in [4.69, 9.17) is 23.2 Å². The first kappa shape index (κ1) is 15.0. The van der Waals surface area contributed by atoms with Crippen LogP contribution in [-0.2, 0) is 11.2 Å². The lowest BCUT2D eigenvalue weighted by molar-refractivity contribution is -0.115. The summed E-state index contributed by atoms with van der Waals surface area (Å²) in [4.78, 5) is 27.5. The summed E-state index contributed by atoms with van der Waals surface area (Å²) in [5.41, 5.74) is 0.566. The maximum absolute atomic E-state index is 11.9. The van der Waals surface area contributed by atoms with Gasteiger partial charge in [0.05, 0.1) is 17.5 Å². The van der Waals surface area contributed by atoms with Gasteiger partial charge in [0.2, 0.25) is 5.91 Å². The summed E-state index contributed by atoms with van der Waals surface area (Å²) >= 11 is 13.1. The Kier molecular flexibility index (Phi) is 4.75. The van der Waals surface area contributed by atoms with Crippen molar-refractivity contribution >= 4 is 51.4 Å². The lowest BCUT2D eigenvalue weighted by atomic mass is 10.1. The minimum Gasteiger partial charge on any atom is -0.302 e. The van der Waals surface area contributed by atoms with Crippen LogP contribution in [0.1, 0.15) is 22.2 Å². The predicted molar refractivity (Wildman–Crippen MR) is 80.9 cm³/mol. The zero-order valence-electron chi connectivity index (χ0n) is 10.4. The number of amides is 1. The first-order chi connectivity index (χ1) is 9.47. The number of hydrogen-bond acceptors (Lipinski definition) is 4. The molecule has 0 aliphatic carbocycles. The number of hydrogen-bond donors (Lipinski definition) is 1. The number of anilines is 1. The van der Waals surface area contributed by atoms with E-state index in [2.05, 4.69) is 10.3 Å². The van der Waals surface area contributed by atoms with Crippen molar-refractivity contribution in [1.29, 1.82) is 0 Å². The number of thiazole rings is 1. The molecule has 1 aromatic heterocycles. The van der Waals surface area contributed by atoms with Gasteiger partial charge in [0.15, 0.2) is 10.9 Å². The molecule has 1 heterocycles. The van der Waals surface area contributed by atoms with Gasteiger partial charge in [-0.2, -0.15) is 0 Å². The minimum absolute atomic E-state index is 0.0491. The molecule has 0 unspecified atom stereocenters. The normalized spacial score (nSPS) is 10.3. The molecule has 2 aromatic rings. The highest BCUT2D eigenvalue weighted by Crippen LogP contribution is 2.25. The van der Waals surface area contributed by atoms with Crippen LogP contribution in [0.5, 0.6) is 0 Å². The summed E-state index contributed by atoms with van der Waals surface area (Å²) < 4.78 is 0. The van der Waals surface area contributed by atoms with Gasteiger partial charge in [0, 0.05) is 17.0 Å². The summed E-state index contributed by atoms with van der Waals surface area (Å²) in [6, 6.07) is 5.06. The van der Waals surface area contributed by atoms with Crippen LogP contribution in [0.2, 0.25) is 10.0 Å². The fraction of sp³-hybridized carbons (Fsp3) is 0.154. The molecule has 0 aliphatic heterocycles. The fourth-order valence-corrected chi connectivity index (χ4v) is 2.78. The maximum Gasteiger partial charge on any atom is 0.230 e. The number of benzene rings is 1. The monoisotopic (exact) mass is 328 g/mol. The number of carbonyl (C=O) groups is 2. The Morgan fingerprint density at radius 3 is 2.50 bits per heavy atom. The number of Topliss-reactive ketones (excluding diaryl/α,β-unsaturated/α-hetero) is 1. The molecule has 20 heavy (non-hydrogen) atoms. The molecule has 0 bridgehead atoms. The Morgan fingerprint density at radius 1 is 1.30 bits per heavy atom. The summed E-state index contributed by atoms with van der Waals surface area (Å²) in [6.07, 6.45) is 1.48. The Bertz CT molecular complexity index is 650. The third kappa shape index (κ3) is 3.56. The molecular weight excluding hydrogens is 319 g/mol. The van der Waals surface area contributed by atoms with E-state index in [0.717, 1.165) is 11.3 Å². The Hall–Kier alpha value is -1.43. The number of carbonyl (C=O) groups excluding carboxylic acids is 2. The van der Waals surface area contributed by atoms with Gasteiger partial charge >= 0.3 is 0 Å².